The molecule has 2 rings (SSSR count). The van der Waals surface area contributed by atoms with Crippen molar-refractivity contribution >= 4 is 23.8 Å². The molecule has 0 spiro atoms. The van der Waals surface area contributed by atoms with E-state index in [2.05, 4.69) is 5.32 Å². The van der Waals surface area contributed by atoms with Crippen molar-refractivity contribution in [2.24, 2.45) is 0 Å². The predicted molar refractivity (Wildman–Crippen MR) is 175 cm³/mol. The molecule has 8 nitrogen and oxygen atoms in total. The number of carbonyl (C=O) groups is 4. The fourth-order valence-electron chi connectivity index (χ4n) is 4.78. The lowest BCUT2D eigenvalue weighted by Gasteiger charge is -2.21. The van der Waals surface area contributed by atoms with Crippen molar-refractivity contribution in [3.05, 3.63) is 71.8 Å². The van der Waals surface area contributed by atoms with Crippen LogP contribution < -0.4 is 5.32 Å². The molecule has 0 fully saturated rings. The van der Waals surface area contributed by atoms with Crippen molar-refractivity contribution in [1.29, 1.82) is 0 Å². The molecular formula is C37H53NO7. The number of nitrogens with one attached hydrogen (secondary N) is 1. The van der Waals surface area contributed by atoms with E-state index in [0.717, 1.165) is 68.9 Å². The second kappa shape index (κ2) is 21.9. The Morgan fingerprint density at radius 1 is 0.600 bits per heavy atom. The van der Waals surface area contributed by atoms with E-state index in [9.17, 15) is 19.2 Å². The molecule has 0 heterocycles. The van der Waals surface area contributed by atoms with Gasteiger partial charge in [0.15, 0.2) is 0 Å². The number of carbonyl (C=O) groups excluding carboxylic acids is 4. The largest absolute Gasteiger partial charge is 0.461 e. The Morgan fingerprint density at radius 3 is 1.58 bits per heavy atom. The fourth-order valence-corrected chi connectivity index (χ4v) is 4.78. The number of ether oxygens (including phenoxy) is 3. The van der Waals surface area contributed by atoms with Crippen molar-refractivity contribution in [3.63, 3.8) is 0 Å². The van der Waals surface area contributed by atoms with Gasteiger partial charge in [0.2, 0.25) is 5.91 Å². The zero-order valence-electron chi connectivity index (χ0n) is 27.5. The second-order valence-corrected chi connectivity index (χ2v) is 12.5. The van der Waals surface area contributed by atoms with Crippen molar-refractivity contribution in [2.45, 2.75) is 136 Å². The molecule has 8 heteroatoms. The Bertz CT molecular complexity index is 1130. The molecule has 0 aromatic heterocycles. The SMILES string of the molecule is CC(C)(C)OC(=O)CCC(NC(=O)CCCCCCCCCCCCC(=O)OCc1ccccc1)C(=O)OCc1ccccc1. The summed E-state index contributed by atoms with van der Waals surface area (Å²) in [6.07, 6.45) is 11.3. The lowest BCUT2D eigenvalue weighted by molar-refractivity contribution is -0.156. The normalized spacial score (nSPS) is 11.8. The first-order valence-corrected chi connectivity index (χ1v) is 16.5. The number of benzene rings is 2. The van der Waals surface area contributed by atoms with E-state index < -0.39 is 23.6 Å². The molecule has 1 amide bonds. The zero-order chi connectivity index (χ0) is 32.8. The first kappa shape index (κ1) is 37.5. The van der Waals surface area contributed by atoms with E-state index in [-0.39, 0.29) is 31.3 Å². The first-order chi connectivity index (χ1) is 21.6. The minimum absolute atomic E-state index is 0.00392. The van der Waals surface area contributed by atoms with Gasteiger partial charge in [0, 0.05) is 19.3 Å². The third-order valence-corrected chi connectivity index (χ3v) is 7.18. The van der Waals surface area contributed by atoms with Crippen LogP contribution in [0, 0.1) is 0 Å². The molecule has 0 radical (unpaired) electrons. The molecule has 248 valence electrons. The maximum atomic E-state index is 12.8. The van der Waals surface area contributed by atoms with Crippen LogP contribution in [0.15, 0.2) is 60.7 Å². The minimum Gasteiger partial charge on any atom is -0.461 e. The van der Waals surface area contributed by atoms with Gasteiger partial charge in [-0.2, -0.15) is 0 Å². The second-order valence-electron chi connectivity index (χ2n) is 12.5. The zero-order valence-corrected chi connectivity index (χ0v) is 27.5. The smallest absolute Gasteiger partial charge is 0.328 e. The number of hydrogen-bond donors (Lipinski definition) is 1. The maximum Gasteiger partial charge on any atom is 0.328 e. The highest BCUT2D eigenvalue weighted by atomic mass is 16.6. The summed E-state index contributed by atoms with van der Waals surface area (Å²) in [5, 5.41) is 2.78. The standard InChI is InChI=1S/C37H53NO7/c1-37(2,3)45-35(41)27-26-32(36(42)44-29-31-22-16-13-17-23-31)38-33(39)24-18-10-8-6-4-5-7-9-11-19-25-34(40)43-28-30-20-14-12-15-21-30/h12-17,20-23,32H,4-11,18-19,24-29H2,1-3H3,(H,38,39). The van der Waals surface area contributed by atoms with Gasteiger partial charge in [-0.15, -0.1) is 0 Å². The van der Waals surface area contributed by atoms with Gasteiger partial charge < -0.3 is 19.5 Å². The van der Waals surface area contributed by atoms with Crippen LogP contribution in [0.2, 0.25) is 0 Å². The Balaban J connectivity index is 1.54. The number of unbranched alkanes of at least 4 members (excludes halogenated alkanes) is 9. The minimum atomic E-state index is -0.909. The van der Waals surface area contributed by atoms with Gasteiger partial charge in [-0.05, 0) is 51.2 Å². The van der Waals surface area contributed by atoms with Gasteiger partial charge >= 0.3 is 17.9 Å². The Morgan fingerprint density at radius 2 is 1.07 bits per heavy atom. The highest BCUT2D eigenvalue weighted by Crippen LogP contribution is 2.14. The number of amides is 1. The molecule has 45 heavy (non-hydrogen) atoms. The van der Waals surface area contributed by atoms with Gasteiger partial charge in [-0.3, -0.25) is 14.4 Å². The summed E-state index contributed by atoms with van der Waals surface area (Å²) in [6.45, 7) is 5.80. The topological polar surface area (TPSA) is 108 Å². The van der Waals surface area contributed by atoms with E-state index in [4.69, 9.17) is 14.2 Å². The van der Waals surface area contributed by atoms with Crippen LogP contribution >= 0.6 is 0 Å². The number of hydrogen-bond acceptors (Lipinski definition) is 7. The van der Waals surface area contributed by atoms with Crippen molar-refractivity contribution in [2.75, 3.05) is 0 Å². The predicted octanol–water partition coefficient (Wildman–Crippen LogP) is 7.76. The molecule has 0 saturated heterocycles. The monoisotopic (exact) mass is 623 g/mol. The van der Waals surface area contributed by atoms with Gasteiger partial charge in [0.05, 0.1) is 0 Å². The van der Waals surface area contributed by atoms with Gasteiger partial charge in [0.25, 0.3) is 0 Å². The number of rotatable bonds is 22. The highest BCUT2D eigenvalue weighted by Gasteiger charge is 2.25. The van der Waals surface area contributed by atoms with Crippen LogP contribution in [0.25, 0.3) is 0 Å². The molecule has 0 aliphatic heterocycles. The molecule has 1 atom stereocenters. The maximum absolute atomic E-state index is 12.8. The molecule has 2 aromatic carbocycles. The highest BCUT2D eigenvalue weighted by molar-refractivity contribution is 5.85. The summed E-state index contributed by atoms with van der Waals surface area (Å²) >= 11 is 0. The average molecular weight is 624 g/mol. The van der Waals surface area contributed by atoms with Crippen LogP contribution in [0.1, 0.15) is 122 Å². The fraction of sp³-hybridized carbons (Fsp3) is 0.568. The molecular weight excluding hydrogens is 570 g/mol. The Kier molecular flexibility index (Phi) is 18.3. The van der Waals surface area contributed by atoms with Crippen molar-refractivity contribution in [1.82, 2.24) is 5.32 Å². The quantitative estimate of drug-likeness (QED) is 0.0811. The number of esters is 3. The van der Waals surface area contributed by atoms with E-state index in [1.54, 1.807) is 20.8 Å². The summed E-state index contributed by atoms with van der Waals surface area (Å²) in [5.74, 6) is -1.33. The van der Waals surface area contributed by atoms with Crippen molar-refractivity contribution < 1.29 is 33.4 Å². The Labute approximate surface area is 269 Å². The van der Waals surface area contributed by atoms with Crippen molar-refractivity contribution in [3.8, 4) is 0 Å². The van der Waals surface area contributed by atoms with E-state index in [1.165, 1.54) is 6.42 Å². The molecule has 0 bridgehead atoms. The van der Waals surface area contributed by atoms with Crippen LogP contribution in [-0.2, 0) is 46.6 Å². The summed E-state index contributed by atoms with van der Waals surface area (Å²) in [7, 11) is 0. The molecule has 1 N–H and O–H groups in total. The van der Waals surface area contributed by atoms with E-state index in [0.29, 0.717) is 19.4 Å². The van der Waals surface area contributed by atoms with Crippen LogP contribution in [0.3, 0.4) is 0 Å². The molecule has 0 saturated carbocycles. The van der Waals surface area contributed by atoms with E-state index >= 15 is 0 Å². The van der Waals surface area contributed by atoms with Crippen LogP contribution in [0.5, 0.6) is 0 Å². The molecule has 2 aromatic rings. The molecule has 0 aliphatic rings. The lowest BCUT2D eigenvalue weighted by Crippen LogP contribution is -2.42. The summed E-state index contributed by atoms with van der Waals surface area (Å²) in [4.78, 5) is 49.6. The van der Waals surface area contributed by atoms with Gasteiger partial charge in [-0.25, -0.2) is 4.79 Å². The average Bonchev–Trinajstić information content (AvgIpc) is 3.01. The van der Waals surface area contributed by atoms with Crippen LogP contribution in [0.4, 0.5) is 0 Å². The Hall–Kier alpha value is -3.68. The first-order valence-electron chi connectivity index (χ1n) is 16.5. The van der Waals surface area contributed by atoms with E-state index in [1.807, 2.05) is 60.7 Å². The summed E-state index contributed by atoms with van der Waals surface area (Å²) in [5.41, 5.74) is 1.23. The van der Waals surface area contributed by atoms with Gasteiger partial charge in [0.1, 0.15) is 24.9 Å². The molecule has 0 aliphatic carbocycles. The molecule has 1 unspecified atom stereocenters. The third kappa shape index (κ3) is 19.3. The summed E-state index contributed by atoms with van der Waals surface area (Å²) in [6, 6.07) is 18.1. The lowest BCUT2D eigenvalue weighted by atomic mass is 10.0. The van der Waals surface area contributed by atoms with Gasteiger partial charge in [-0.1, -0.05) is 112 Å². The third-order valence-electron chi connectivity index (χ3n) is 7.18. The summed E-state index contributed by atoms with van der Waals surface area (Å²) < 4.78 is 16.1. The van der Waals surface area contributed by atoms with Crippen LogP contribution in [-0.4, -0.2) is 35.5 Å².